The molecular formula is C20H17F3N2O2. The van der Waals surface area contributed by atoms with Gasteiger partial charge in [-0.25, -0.2) is 0 Å². The van der Waals surface area contributed by atoms with Crippen LogP contribution in [0.2, 0.25) is 0 Å². The third kappa shape index (κ3) is 1.97. The van der Waals surface area contributed by atoms with Gasteiger partial charge in [-0.3, -0.25) is 4.79 Å². The average molecular weight is 374 g/mol. The van der Waals surface area contributed by atoms with Crippen molar-refractivity contribution >= 4 is 11.6 Å². The van der Waals surface area contributed by atoms with Crippen LogP contribution >= 0.6 is 0 Å². The number of ether oxygens (including phenoxy) is 1. The second kappa shape index (κ2) is 5.18. The summed E-state index contributed by atoms with van der Waals surface area (Å²) in [7, 11) is 1.89. The van der Waals surface area contributed by atoms with Gasteiger partial charge in [0.25, 0.3) is 0 Å². The van der Waals surface area contributed by atoms with Crippen molar-refractivity contribution in [3.8, 4) is 5.75 Å². The molecule has 3 heterocycles. The third-order valence-electron chi connectivity index (χ3n) is 6.10. The molecule has 1 saturated heterocycles. The van der Waals surface area contributed by atoms with Crippen molar-refractivity contribution in [2.45, 2.75) is 30.3 Å². The van der Waals surface area contributed by atoms with Crippen LogP contribution < -0.4 is 9.64 Å². The average Bonchev–Trinajstić information content (AvgIpc) is 3.16. The molecule has 27 heavy (non-hydrogen) atoms. The van der Waals surface area contributed by atoms with E-state index < -0.39 is 29.8 Å². The van der Waals surface area contributed by atoms with Crippen molar-refractivity contribution in [1.82, 2.24) is 4.90 Å². The smallest absolute Gasteiger partial charge is 0.469 e. The number of rotatable bonds is 0. The van der Waals surface area contributed by atoms with Crippen LogP contribution in [0.5, 0.6) is 5.75 Å². The molecule has 0 aliphatic carbocycles. The van der Waals surface area contributed by atoms with Crippen LogP contribution in [0.25, 0.3) is 0 Å². The highest BCUT2D eigenvalue weighted by Crippen LogP contribution is 2.62. The molecular weight excluding hydrogens is 357 g/mol. The molecule has 7 heteroatoms. The first-order valence-electron chi connectivity index (χ1n) is 8.81. The molecule has 140 valence electrons. The lowest BCUT2D eigenvalue weighted by Gasteiger charge is -2.45. The molecule has 1 spiro atoms. The molecule has 0 N–H and O–H groups in total. The molecule has 1 amide bonds. The largest absolute Gasteiger partial charge is 0.471 e. The van der Waals surface area contributed by atoms with Gasteiger partial charge in [-0.15, -0.1) is 0 Å². The molecule has 4 nitrogen and oxygen atoms in total. The van der Waals surface area contributed by atoms with E-state index in [-0.39, 0.29) is 6.54 Å². The van der Waals surface area contributed by atoms with Gasteiger partial charge >= 0.3 is 12.1 Å². The van der Waals surface area contributed by atoms with Crippen LogP contribution in [-0.4, -0.2) is 36.8 Å². The van der Waals surface area contributed by atoms with Crippen molar-refractivity contribution in [2.75, 3.05) is 18.5 Å². The topological polar surface area (TPSA) is 32.8 Å². The lowest BCUT2D eigenvalue weighted by molar-refractivity contribution is -0.187. The highest BCUT2D eigenvalue weighted by Gasteiger charge is 2.66. The van der Waals surface area contributed by atoms with Gasteiger partial charge in [-0.1, -0.05) is 36.4 Å². The summed E-state index contributed by atoms with van der Waals surface area (Å²) in [6, 6.07) is 14.0. The maximum Gasteiger partial charge on any atom is 0.471 e. The fraction of sp³-hybridized carbons (Fsp3) is 0.350. The number of fused-ring (bicyclic) bond motifs is 3. The molecule has 3 aliphatic heterocycles. The van der Waals surface area contributed by atoms with Crippen LogP contribution in [0.3, 0.4) is 0 Å². The number of hydrogen-bond donors (Lipinski definition) is 0. The zero-order valence-electron chi connectivity index (χ0n) is 14.5. The van der Waals surface area contributed by atoms with Gasteiger partial charge in [0.05, 0.1) is 11.5 Å². The van der Waals surface area contributed by atoms with Crippen LogP contribution in [0.15, 0.2) is 48.5 Å². The maximum atomic E-state index is 13.3. The second-order valence-electron chi connectivity index (χ2n) is 7.33. The van der Waals surface area contributed by atoms with E-state index >= 15 is 0 Å². The number of benzene rings is 2. The third-order valence-corrected chi connectivity index (χ3v) is 6.10. The van der Waals surface area contributed by atoms with E-state index in [0.29, 0.717) is 17.7 Å². The summed E-state index contributed by atoms with van der Waals surface area (Å²) in [6.07, 6.45) is -4.95. The standard InChI is InChI=1S/C20H17F3N2O2/c1-24-14-8-4-3-7-13(14)19-10-11-25(17(26)20(21,22)23)16(19)12-6-2-5-9-15(12)27-18(19)24/h2-9,16,18H,10-11H2,1H3/t16-,18-,19+/m1/s1. The summed E-state index contributed by atoms with van der Waals surface area (Å²) >= 11 is 0. The van der Waals surface area contributed by atoms with Crippen molar-refractivity contribution < 1.29 is 22.7 Å². The van der Waals surface area contributed by atoms with E-state index in [4.69, 9.17) is 4.74 Å². The van der Waals surface area contributed by atoms with Gasteiger partial charge in [0.2, 0.25) is 0 Å². The predicted molar refractivity (Wildman–Crippen MR) is 92.5 cm³/mol. The summed E-state index contributed by atoms with van der Waals surface area (Å²) in [6.45, 7) is 0.0411. The molecule has 3 aliphatic rings. The van der Waals surface area contributed by atoms with E-state index in [1.54, 1.807) is 24.3 Å². The summed E-state index contributed by atoms with van der Waals surface area (Å²) in [5, 5.41) is 0. The van der Waals surface area contributed by atoms with Gasteiger partial charge in [-0.2, -0.15) is 13.2 Å². The summed E-state index contributed by atoms with van der Waals surface area (Å²) in [4.78, 5) is 15.2. The van der Waals surface area contributed by atoms with Gasteiger partial charge in [0.15, 0.2) is 6.23 Å². The van der Waals surface area contributed by atoms with E-state index in [9.17, 15) is 18.0 Å². The number of carbonyl (C=O) groups is 1. The van der Waals surface area contributed by atoms with Crippen LogP contribution in [-0.2, 0) is 10.2 Å². The predicted octanol–water partition coefficient (Wildman–Crippen LogP) is 3.63. The number of amides is 1. The van der Waals surface area contributed by atoms with Crippen LogP contribution in [0.1, 0.15) is 23.6 Å². The maximum absolute atomic E-state index is 13.3. The number of carbonyl (C=O) groups excluding carboxylic acids is 1. The molecule has 0 radical (unpaired) electrons. The zero-order valence-corrected chi connectivity index (χ0v) is 14.5. The van der Waals surface area contributed by atoms with E-state index in [2.05, 4.69) is 0 Å². The second-order valence-corrected chi connectivity index (χ2v) is 7.33. The van der Waals surface area contributed by atoms with Gasteiger partial charge < -0.3 is 14.5 Å². The van der Waals surface area contributed by atoms with Crippen molar-refractivity contribution in [3.05, 3.63) is 59.7 Å². The minimum atomic E-state index is -4.90. The highest BCUT2D eigenvalue weighted by molar-refractivity contribution is 5.84. The quantitative estimate of drug-likeness (QED) is 0.706. The number of nitrogens with zero attached hydrogens (tertiary/aromatic N) is 2. The first-order valence-corrected chi connectivity index (χ1v) is 8.81. The lowest BCUT2D eigenvalue weighted by atomic mass is 9.70. The number of alkyl halides is 3. The number of hydrogen-bond acceptors (Lipinski definition) is 3. The first kappa shape index (κ1) is 16.5. The highest BCUT2D eigenvalue weighted by atomic mass is 19.4. The minimum absolute atomic E-state index is 0.0411. The summed E-state index contributed by atoms with van der Waals surface area (Å²) in [5.74, 6) is -1.25. The molecule has 0 saturated carbocycles. The number of para-hydroxylation sites is 2. The molecule has 1 fully saturated rings. The first-order chi connectivity index (χ1) is 12.9. The Hall–Kier alpha value is -2.70. The van der Waals surface area contributed by atoms with Crippen molar-refractivity contribution in [2.24, 2.45) is 0 Å². The lowest BCUT2D eigenvalue weighted by Crippen LogP contribution is -2.54. The molecule has 5 rings (SSSR count). The number of anilines is 1. The van der Waals surface area contributed by atoms with E-state index in [1.165, 1.54) is 0 Å². The molecule has 0 aromatic heterocycles. The van der Waals surface area contributed by atoms with Crippen LogP contribution in [0, 0.1) is 0 Å². The molecule has 2 aromatic carbocycles. The van der Waals surface area contributed by atoms with Gasteiger partial charge in [-0.05, 0) is 24.1 Å². The van der Waals surface area contributed by atoms with Gasteiger partial charge in [0, 0.05) is 24.8 Å². The zero-order chi connectivity index (χ0) is 19.0. The Bertz CT molecular complexity index is 945. The molecule has 0 unspecified atom stereocenters. The Morgan fingerprint density at radius 1 is 1.15 bits per heavy atom. The van der Waals surface area contributed by atoms with Gasteiger partial charge in [0.1, 0.15) is 5.75 Å². The monoisotopic (exact) mass is 374 g/mol. The Morgan fingerprint density at radius 2 is 1.85 bits per heavy atom. The minimum Gasteiger partial charge on any atom is -0.469 e. The number of halogens is 3. The molecule has 3 atom stereocenters. The van der Waals surface area contributed by atoms with E-state index in [1.807, 2.05) is 36.2 Å². The summed E-state index contributed by atoms with van der Waals surface area (Å²) in [5.41, 5.74) is 1.78. The van der Waals surface area contributed by atoms with Crippen molar-refractivity contribution in [3.63, 3.8) is 0 Å². The molecule has 2 aromatic rings. The summed E-state index contributed by atoms with van der Waals surface area (Å²) < 4.78 is 46.2. The Balaban J connectivity index is 1.76. The Kier molecular flexibility index (Phi) is 3.16. The number of likely N-dealkylation sites (N-methyl/N-ethyl adjacent to an activating group) is 1. The SMILES string of the molecule is CN1c2ccccc2[C@@]23CCN(C(=O)C(F)(F)F)[C@@H]2c2ccccc2O[C@@H]13. The van der Waals surface area contributed by atoms with E-state index in [0.717, 1.165) is 16.2 Å². The molecule has 0 bridgehead atoms. The fourth-order valence-electron chi connectivity index (χ4n) is 5.11. The Labute approximate surface area is 154 Å². The van der Waals surface area contributed by atoms with Crippen molar-refractivity contribution in [1.29, 1.82) is 0 Å². The fourth-order valence-corrected chi connectivity index (χ4v) is 5.11. The normalized spacial score (nSPS) is 28.1. The van der Waals surface area contributed by atoms with Crippen LogP contribution in [0.4, 0.5) is 18.9 Å². The Morgan fingerprint density at radius 3 is 2.63 bits per heavy atom. The number of likely N-dealkylation sites (tertiary alicyclic amines) is 1.